The molecule has 1 aliphatic rings. The molecule has 0 spiro atoms. The van der Waals surface area contributed by atoms with E-state index in [0.717, 1.165) is 47.4 Å². The minimum atomic E-state index is -0.377. The van der Waals surface area contributed by atoms with Gasteiger partial charge in [-0.1, -0.05) is 25.4 Å². The summed E-state index contributed by atoms with van der Waals surface area (Å²) in [6.45, 7) is 7.22. The van der Waals surface area contributed by atoms with Crippen LogP contribution in [0, 0.1) is 9.49 Å². The summed E-state index contributed by atoms with van der Waals surface area (Å²) in [6, 6.07) is 0. The normalized spacial score (nSPS) is 23.9. The Morgan fingerprint density at radius 2 is 2.11 bits per heavy atom. The first-order valence-corrected chi connectivity index (χ1v) is 8.24. The topological polar surface area (TPSA) is 35.0 Å². The molecule has 2 rings (SSSR count). The van der Waals surface area contributed by atoms with Gasteiger partial charge in [-0.25, -0.2) is 9.97 Å². The molecule has 1 saturated heterocycles. The van der Waals surface area contributed by atoms with Crippen LogP contribution in [0.4, 0.5) is 0 Å². The fourth-order valence-electron chi connectivity index (χ4n) is 2.33. The molecule has 0 aliphatic carbocycles. The summed E-state index contributed by atoms with van der Waals surface area (Å²) in [4.78, 5) is 9.20. The predicted molar refractivity (Wildman–Crippen MR) is 85.5 cm³/mol. The molecule has 1 atom stereocenters. The van der Waals surface area contributed by atoms with Crippen LogP contribution in [0.5, 0.6) is 0 Å². The van der Waals surface area contributed by atoms with Crippen molar-refractivity contribution >= 4 is 34.2 Å². The third kappa shape index (κ3) is 3.58. The Bertz CT molecular complexity index is 459. The maximum absolute atomic E-state index is 6.27. The Morgan fingerprint density at radius 3 is 2.68 bits per heavy atom. The zero-order chi connectivity index (χ0) is 14.0. The van der Waals surface area contributed by atoms with Gasteiger partial charge in [0.15, 0.2) is 5.82 Å². The average molecular weight is 395 g/mol. The second-order valence-electron chi connectivity index (χ2n) is 5.73. The molecule has 106 valence electrons. The Kier molecular flexibility index (Phi) is 5.06. The smallest absolute Gasteiger partial charge is 0.161 e. The van der Waals surface area contributed by atoms with E-state index in [-0.39, 0.29) is 5.60 Å². The first kappa shape index (κ1) is 15.4. The Labute approximate surface area is 133 Å². The van der Waals surface area contributed by atoms with E-state index in [4.69, 9.17) is 21.3 Å². The van der Waals surface area contributed by atoms with Crippen LogP contribution in [0.2, 0.25) is 5.15 Å². The number of rotatable bonds is 3. The van der Waals surface area contributed by atoms with Crippen molar-refractivity contribution in [3.8, 4) is 0 Å². The molecule has 19 heavy (non-hydrogen) atoms. The highest BCUT2D eigenvalue weighted by atomic mass is 127. The molecule has 5 heteroatoms. The van der Waals surface area contributed by atoms with Gasteiger partial charge in [-0.05, 0) is 61.1 Å². The summed E-state index contributed by atoms with van der Waals surface area (Å²) in [7, 11) is 0. The van der Waals surface area contributed by atoms with Gasteiger partial charge in [0.25, 0.3) is 0 Å². The number of hydrogen-bond acceptors (Lipinski definition) is 3. The van der Waals surface area contributed by atoms with Gasteiger partial charge in [0.2, 0.25) is 0 Å². The average Bonchev–Trinajstić information content (AvgIpc) is 2.35. The molecule has 1 aromatic heterocycles. The third-order valence-electron chi connectivity index (χ3n) is 3.42. The molecule has 1 fully saturated rings. The Balaban J connectivity index is 2.38. The number of halogens is 2. The predicted octanol–water partition coefficient (Wildman–Crippen LogP) is 4.35. The van der Waals surface area contributed by atoms with Crippen LogP contribution in [-0.4, -0.2) is 16.6 Å². The second kappa shape index (κ2) is 6.22. The van der Waals surface area contributed by atoms with Gasteiger partial charge in [0.1, 0.15) is 10.8 Å². The van der Waals surface area contributed by atoms with Crippen molar-refractivity contribution in [3.63, 3.8) is 0 Å². The second-order valence-corrected chi connectivity index (χ2v) is 7.17. The fraction of sp³-hybridized carbons (Fsp3) is 0.714. The molecule has 1 unspecified atom stereocenters. The van der Waals surface area contributed by atoms with Gasteiger partial charge >= 0.3 is 0 Å². The highest BCUT2D eigenvalue weighted by Crippen LogP contribution is 2.34. The summed E-state index contributed by atoms with van der Waals surface area (Å²) < 4.78 is 6.89. The monoisotopic (exact) mass is 394 g/mol. The number of aromatic nitrogens is 2. The maximum atomic E-state index is 6.27. The molecule has 0 N–H and O–H groups in total. The van der Waals surface area contributed by atoms with E-state index in [1.807, 2.05) is 0 Å². The van der Waals surface area contributed by atoms with Crippen molar-refractivity contribution in [2.75, 3.05) is 6.61 Å². The molecular formula is C14H20ClIN2O. The van der Waals surface area contributed by atoms with Crippen LogP contribution >= 0.6 is 34.2 Å². The van der Waals surface area contributed by atoms with Gasteiger partial charge in [0, 0.05) is 6.61 Å². The van der Waals surface area contributed by atoms with Gasteiger partial charge in [-0.3, -0.25) is 0 Å². The fourth-order valence-corrected chi connectivity index (χ4v) is 2.98. The van der Waals surface area contributed by atoms with Gasteiger partial charge in [-0.15, -0.1) is 0 Å². The Morgan fingerprint density at radius 1 is 1.37 bits per heavy atom. The zero-order valence-electron chi connectivity index (χ0n) is 11.7. The lowest BCUT2D eigenvalue weighted by Gasteiger charge is -2.32. The molecule has 3 nitrogen and oxygen atoms in total. The van der Waals surface area contributed by atoms with Crippen molar-refractivity contribution in [3.05, 3.63) is 20.2 Å². The van der Waals surface area contributed by atoms with E-state index in [1.165, 1.54) is 0 Å². The van der Waals surface area contributed by atoms with Crippen LogP contribution in [0.15, 0.2) is 0 Å². The maximum Gasteiger partial charge on any atom is 0.161 e. The first-order chi connectivity index (χ1) is 8.92. The van der Waals surface area contributed by atoms with Crippen LogP contribution in [0.25, 0.3) is 0 Å². The van der Waals surface area contributed by atoms with Gasteiger partial charge in [-0.2, -0.15) is 0 Å². The highest BCUT2D eigenvalue weighted by molar-refractivity contribution is 14.1. The molecule has 2 heterocycles. The minimum Gasteiger partial charge on any atom is -0.367 e. The lowest BCUT2D eigenvalue weighted by Crippen LogP contribution is -2.33. The minimum absolute atomic E-state index is 0.377. The van der Waals surface area contributed by atoms with E-state index in [2.05, 4.69) is 48.3 Å². The molecule has 1 aromatic rings. The van der Waals surface area contributed by atoms with Crippen molar-refractivity contribution in [1.29, 1.82) is 0 Å². The van der Waals surface area contributed by atoms with E-state index in [1.54, 1.807) is 0 Å². The van der Waals surface area contributed by atoms with E-state index >= 15 is 0 Å². The van der Waals surface area contributed by atoms with Crippen LogP contribution in [-0.2, 0) is 16.8 Å². The van der Waals surface area contributed by atoms with Crippen LogP contribution in [0.3, 0.4) is 0 Å². The summed E-state index contributed by atoms with van der Waals surface area (Å²) in [5.41, 5.74) is 0.666. The largest absolute Gasteiger partial charge is 0.367 e. The number of nitrogens with zero attached hydrogens (tertiary/aromatic N) is 2. The van der Waals surface area contributed by atoms with Crippen molar-refractivity contribution in [2.45, 2.75) is 52.1 Å². The summed E-state index contributed by atoms with van der Waals surface area (Å²) in [5.74, 6) is 1.29. The van der Waals surface area contributed by atoms with E-state index < -0.39 is 0 Å². The summed E-state index contributed by atoms with van der Waals surface area (Å²) >= 11 is 8.50. The number of ether oxygens (including phenoxy) is 1. The van der Waals surface area contributed by atoms with Gasteiger partial charge in [0.05, 0.1) is 9.26 Å². The molecule has 0 bridgehead atoms. The van der Waals surface area contributed by atoms with Crippen molar-refractivity contribution in [1.82, 2.24) is 9.97 Å². The van der Waals surface area contributed by atoms with Crippen molar-refractivity contribution in [2.24, 2.45) is 5.92 Å². The summed E-state index contributed by atoms with van der Waals surface area (Å²) in [6.07, 6.45) is 4.16. The van der Waals surface area contributed by atoms with Crippen LogP contribution < -0.4 is 0 Å². The van der Waals surface area contributed by atoms with Crippen molar-refractivity contribution < 1.29 is 4.74 Å². The Hall–Kier alpha value is 0.0600. The third-order valence-corrected chi connectivity index (χ3v) is 5.15. The molecule has 0 saturated carbocycles. The molecule has 1 aliphatic heterocycles. The zero-order valence-corrected chi connectivity index (χ0v) is 14.6. The lowest BCUT2D eigenvalue weighted by molar-refractivity contribution is -0.0762. The van der Waals surface area contributed by atoms with E-state index in [9.17, 15) is 0 Å². The quantitative estimate of drug-likeness (QED) is 0.565. The van der Waals surface area contributed by atoms with E-state index in [0.29, 0.717) is 11.1 Å². The highest BCUT2D eigenvalue weighted by Gasteiger charge is 2.34. The first-order valence-electron chi connectivity index (χ1n) is 6.79. The lowest BCUT2D eigenvalue weighted by atomic mass is 9.95. The summed E-state index contributed by atoms with van der Waals surface area (Å²) in [5, 5.41) is 0.552. The van der Waals surface area contributed by atoms with Crippen LogP contribution in [0.1, 0.15) is 51.6 Å². The SMILES string of the molecule is CC(C)Cc1nc(C2(C)CCCCO2)nc(Cl)c1I. The van der Waals surface area contributed by atoms with Gasteiger partial charge < -0.3 is 4.74 Å². The molecule has 0 radical (unpaired) electrons. The molecule has 0 aromatic carbocycles. The number of hydrogen-bond donors (Lipinski definition) is 0. The molecule has 0 amide bonds. The standard InChI is InChI=1S/C14H20ClIN2O/c1-9(2)8-10-11(16)12(15)18-13(17-10)14(3)6-4-5-7-19-14/h9H,4-8H2,1-3H3. The molecular weight excluding hydrogens is 375 g/mol.